The molecular weight excluding hydrogens is 256 g/mol. The highest BCUT2D eigenvalue weighted by Gasteiger charge is 2.11. The van der Waals surface area contributed by atoms with Crippen molar-refractivity contribution < 1.29 is 4.42 Å². The van der Waals surface area contributed by atoms with E-state index in [-0.39, 0.29) is 0 Å². The summed E-state index contributed by atoms with van der Waals surface area (Å²) in [5, 5.41) is 4.27. The van der Waals surface area contributed by atoms with E-state index >= 15 is 0 Å². The zero-order valence-corrected chi connectivity index (χ0v) is 11.4. The lowest BCUT2D eigenvalue weighted by atomic mass is 10.2. The summed E-state index contributed by atoms with van der Waals surface area (Å²) in [6, 6.07) is 14.1. The summed E-state index contributed by atoms with van der Waals surface area (Å²) < 4.78 is 5.39. The minimum Gasteiger partial charge on any atom is -0.463 e. The first-order valence-corrected chi connectivity index (χ1v) is 6.93. The first-order chi connectivity index (χ1) is 9.33. The number of benzene rings is 1. The number of thiazole rings is 1. The Bertz CT molecular complexity index is 644. The highest BCUT2D eigenvalue weighted by molar-refractivity contribution is 7.15. The molecule has 0 aliphatic rings. The zero-order valence-electron chi connectivity index (χ0n) is 10.6. The van der Waals surface area contributed by atoms with Crippen LogP contribution >= 0.6 is 11.3 Å². The number of hydrogen-bond donors (Lipinski definition) is 1. The van der Waals surface area contributed by atoms with Crippen LogP contribution in [0.1, 0.15) is 10.4 Å². The fourth-order valence-corrected chi connectivity index (χ4v) is 2.70. The Morgan fingerprint density at radius 3 is 2.74 bits per heavy atom. The fourth-order valence-electron chi connectivity index (χ4n) is 1.89. The molecular formula is C15H14N2OS. The van der Waals surface area contributed by atoms with E-state index in [9.17, 15) is 0 Å². The van der Waals surface area contributed by atoms with Gasteiger partial charge in [0.25, 0.3) is 0 Å². The van der Waals surface area contributed by atoms with Crippen molar-refractivity contribution in [3.63, 3.8) is 0 Å². The van der Waals surface area contributed by atoms with E-state index in [0.29, 0.717) is 0 Å². The van der Waals surface area contributed by atoms with Gasteiger partial charge in [0.05, 0.1) is 6.26 Å². The van der Waals surface area contributed by atoms with Crippen LogP contribution in [0.15, 0.2) is 53.1 Å². The van der Waals surface area contributed by atoms with E-state index in [1.54, 1.807) is 17.6 Å². The van der Waals surface area contributed by atoms with Gasteiger partial charge >= 0.3 is 0 Å². The summed E-state index contributed by atoms with van der Waals surface area (Å²) in [7, 11) is 0. The van der Waals surface area contributed by atoms with Gasteiger partial charge in [-0.05, 0) is 24.6 Å². The normalized spacial score (nSPS) is 10.6. The molecule has 0 radical (unpaired) electrons. The van der Waals surface area contributed by atoms with Crippen LogP contribution in [0.5, 0.6) is 0 Å². The summed E-state index contributed by atoms with van der Waals surface area (Å²) in [5.41, 5.74) is 2.17. The van der Waals surface area contributed by atoms with Gasteiger partial charge in [0, 0.05) is 11.4 Å². The highest BCUT2D eigenvalue weighted by Crippen LogP contribution is 2.30. The molecule has 0 aliphatic carbocycles. The second kappa shape index (κ2) is 5.28. The van der Waals surface area contributed by atoms with Gasteiger partial charge in [0.15, 0.2) is 10.9 Å². The number of hydrogen-bond acceptors (Lipinski definition) is 4. The molecule has 0 amide bonds. The van der Waals surface area contributed by atoms with Crippen molar-refractivity contribution in [3.8, 4) is 11.5 Å². The molecule has 3 rings (SSSR count). The molecule has 2 aromatic heterocycles. The molecule has 1 N–H and O–H groups in total. The van der Waals surface area contributed by atoms with Gasteiger partial charge in [-0.3, -0.25) is 0 Å². The molecule has 0 saturated carbocycles. The molecule has 0 saturated heterocycles. The lowest BCUT2D eigenvalue weighted by Crippen LogP contribution is -1.98. The summed E-state index contributed by atoms with van der Waals surface area (Å²) in [4.78, 5) is 5.74. The van der Waals surface area contributed by atoms with Crippen LogP contribution in [-0.2, 0) is 6.54 Å². The third-order valence-electron chi connectivity index (χ3n) is 2.84. The number of furan rings is 1. The van der Waals surface area contributed by atoms with Crippen LogP contribution in [0.3, 0.4) is 0 Å². The van der Waals surface area contributed by atoms with Gasteiger partial charge in [-0.25, -0.2) is 4.98 Å². The Morgan fingerprint density at radius 2 is 2.00 bits per heavy atom. The van der Waals surface area contributed by atoms with Gasteiger partial charge in [0.1, 0.15) is 5.69 Å². The van der Waals surface area contributed by atoms with Gasteiger partial charge in [-0.15, -0.1) is 11.3 Å². The van der Waals surface area contributed by atoms with E-state index in [1.807, 2.05) is 30.3 Å². The number of nitrogens with zero attached hydrogens (tertiary/aromatic N) is 1. The Morgan fingerprint density at radius 1 is 1.16 bits per heavy atom. The Balaban J connectivity index is 1.75. The molecule has 3 aromatic rings. The molecule has 0 bridgehead atoms. The van der Waals surface area contributed by atoms with Crippen molar-refractivity contribution in [1.29, 1.82) is 0 Å². The lowest BCUT2D eigenvalue weighted by molar-refractivity contribution is 0.580. The largest absolute Gasteiger partial charge is 0.463 e. The molecule has 96 valence electrons. The van der Waals surface area contributed by atoms with E-state index < -0.39 is 0 Å². The summed E-state index contributed by atoms with van der Waals surface area (Å²) in [6.07, 6.45) is 1.67. The molecule has 0 spiro atoms. The maximum absolute atomic E-state index is 5.39. The fraction of sp³-hybridized carbons (Fsp3) is 0.133. The maximum Gasteiger partial charge on any atom is 0.183 e. The molecule has 1 aromatic carbocycles. The molecule has 0 aliphatic heterocycles. The van der Waals surface area contributed by atoms with Gasteiger partial charge in [0.2, 0.25) is 0 Å². The van der Waals surface area contributed by atoms with Crippen LogP contribution < -0.4 is 5.32 Å². The molecule has 0 fully saturated rings. The smallest absolute Gasteiger partial charge is 0.183 e. The summed E-state index contributed by atoms with van der Waals surface area (Å²) >= 11 is 1.65. The van der Waals surface area contributed by atoms with E-state index in [1.165, 1.54) is 5.56 Å². The molecule has 3 nitrogen and oxygen atoms in total. The van der Waals surface area contributed by atoms with Crippen LogP contribution in [0.25, 0.3) is 11.5 Å². The third kappa shape index (κ3) is 2.69. The summed E-state index contributed by atoms with van der Waals surface area (Å²) in [5.74, 6) is 0.821. The summed E-state index contributed by atoms with van der Waals surface area (Å²) in [6.45, 7) is 2.84. The minimum atomic E-state index is 0.783. The molecule has 2 heterocycles. The third-order valence-corrected chi connectivity index (χ3v) is 3.77. The van der Waals surface area contributed by atoms with Gasteiger partial charge in [-0.2, -0.15) is 0 Å². The van der Waals surface area contributed by atoms with Crippen LogP contribution in [-0.4, -0.2) is 4.98 Å². The second-order valence-corrected chi connectivity index (χ2v) is 5.44. The van der Waals surface area contributed by atoms with E-state index in [2.05, 4.69) is 29.4 Å². The minimum absolute atomic E-state index is 0.783. The van der Waals surface area contributed by atoms with Gasteiger partial charge in [-0.1, -0.05) is 30.3 Å². The quantitative estimate of drug-likeness (QED) is 0.767. The number of anilines is 1. The highest BCUT2D eigenvalue weighted by atomic mass is 32.1. The van der Waals surface area contributed by atoms with Crippen molar-refractivity contribution in [2.24, 2.45) is 0 Å². The first-order valence-electron chi connectivity index (χ1n) is 6.12. The van der Waals surface area contributed by atoms with Crippen LogP contribution in [0.2, 0.25) is 0 Å². The van der Waals surface area contributed by atoms with E-state index in [0.717, 1.165) is 28.0 Å². The predicted octanol–water partition coefficient (Wildman–Crippen LogP) is 4.32. The van der Waals surface area contributed by atoms with Crippen LogP contribution in [0.4, 0.5) is 5.13 Å². The number of rotatable bonds is 4. The molecule has 4 heteroatoms. The number of aromatic nitrogens is 1. The van der Waals surface area contributed by atoms with Crippen LogP contribution in [0, 0.1) is 6.92 Å². The predicted molar refractivity (Wildman–Crippen MR) is 78.3 cm³/mol. The standard InChI is InChI=1S/C15H14N2OS/c1-11-14(13-8-5-9-18-13)17-15(19-11)16-10-12-6-3-2-4-7-12/h2-9H,10H2,1H3,(H,16,17). The number of nitrogens with one attached hydrogen (secondary N) is 1. The average Bonchev–Trinajstić information content (AvgIpc) is 3.07. The topological polar surface area (TPSA) is 38.1 Å². The zero-order chi connectivity index (χ0) is 13.1. The monoisotopic (exact) mass is 270 g/mol. The molecule has 0 atom stereocenters. The van der Waals surface area contributed by atoms with Gasteiger partial charge < -0.3 is 9.73 Å². The van der Waals surface area contributed by atoms with Crippen molar-refractivity contribution in [3.05, 3.63) is 59.2 Å². The number of aryl methyl sites for hydroxylation is 1. The van der Waals surface area contributed by atoms with Crippen molar-refractivity contribution >= 4 is 16.5 Å². The Kier molecular flexibility index (Phi) is 3.33. The first kappa shape index (κ1) is 12.0. The molecule has 19 heavy (non-hydrogen) atoms. The SMILES string of the molecule is Cc1sc(NCc2ccccc2)nc1-c1ccco1. The lowest BCUT2D eigenvalue weighted by Gasteiger charge is -2.01. The Labute approximate surface area is 115 Å². The van der Waals surface area contributed by atoms with Crippen molar-refractivity contribution in [2.75, 3.05) is 5.32 Å². The molecule has 0 unspecified atom stereocenters. The van der Waals surface area contributed by atoms with Crippen molar-refractivity contribution in [2.45, 2.75) is 13.5 Å². The van der Waals surface area contributed by atoms with E-state index in [4.69, 9.17) is 4.42 Å². The average molecular weight is 270 g/mol. The second-order valence-electron chi connectivity index (χ2n) is 4.24. The maximum atomic E-state index is 5.39. The van der Waals surface area contributed by atoms with Crippen molar-refractivity contribution in [1.82, 2.24) is 4.98 Å². The Hall–Kier alpha value is -2.07.